The molecule has 3 rings (SSSR count). The van der Waals surface area contributed by atoms with E-state index in [2.05, 4.69) is 22.8 Å². The van der Waals surface area contributed by atoms with Crippen molar-refractivity contribution in [3.63, 3.8) is 0 Å². The van der Waals surface area contributed by atoms with Crippen LogP contribution in [0.15, 0.2) is 60.3 Å². The molecule has 3 aromatic rings. The molecule has 0 saturated heterocycles. The van der Waals surface area contributed by atoms with Gasteiger partial charge in [0.15, 0.2) is 11.0 Å². The molecule has 1 heterocycles. The number of nitrogens with zero attached hydrogens (tertiary/aromatic N) is 3. The van der Waals surface area contributed by atoms with Crippen molar-refractivity contribution in [2.45, 2.75) is 37.9 Å². The van der Waals surface area contributed by atoms with Crippen LogP contribution in [-0.2, 0) is 18.9 Å². The lowest BCUT2D eigenvalue weighted by Gasteiger charge is -2.10. The summed E-state index contributed by atoms with van der Waals surface area (Å²) in [6, 6.07) is 12.7. The summed E-state index contributed by atoms with van der Waals surface area (Å²) in [5, 5.41) is 9.31. The average molecular weight is 383 g/mol. The molecule has 0 aliphatic heterocycles. The van der Waals surface area contributed by atoms with Gasteiger partial charge in [-0.1, -0.05) is 36.0 Å². The first-order valence-electron chi connectivity index (χ1n) is 8.66. The number of benzene rings is 2. The number of rotatable bonds is 8. The highest BCUT2D eigenvalue weighted by Crippen LogP contribution is 2.23. The van der Waals surface area contributed by atoms with Crippen molar-refractivity contribution in [3.05, 3.63) is 83.5 Å². The van der Waals surface area contributed by atoms with Gasteiger partial charge in [-0.3, -0.25) is 4.57 Å². The third-order valence-corrected chi connectivity index (χ3v) is 4.96. The van der Waals surface area contributed by atoms with E-state index >= 15 is 0 Å². The Labute approximate surface area is 163 Å². The molecule has 140 valence electrons. The van der Waals surface area contributed by atoms with Crippen LogP contribution in [0.2, 0.25) is 0 Å². The predicted molar refractivity (Wildman–Crippen MR) is 106 cm³/mol. The number of hydrogen-bond acceptors (Lipinski definition) is 4. The minimum absolute atomic E-state index is 0.233. The molecular weight excluding hydrogens is 361 g/mol. The fraction of sp³-hybridized carbons (Fsp3) is 0.238. The Morgan fingerprint density at radius 1 is 1.15 bits per heavy atom. The van der Waals surface area contributed by atoms with Crippen LogP contribution in [0, 0.1) is 19.7 Å². The fourth-order valence-electron chi connectivity index (χ4n) is 2.78. The van der Waals surface area contributed by atoms with Crippen molar-refractivity contribution < 1.29 is 9.13 Å². The largest absolute Gasteiger partial charge is 0.486 e. The van der Waals surface area contributed by atoms with E-state index in [0.717, 1.165) is 33.4 Å². The summed E-state index contributed by atoms with van der Waals surface area (Å²) in [4.78, 5) is 0. The van der Waals surface area contributed by atoms with Gasteiger partial charge in [-0.05, 0) is 54.8 Å². The van der Waals surface area contributed by atoms with Gasteiger partial charge in [0.2, 0.25) is 0 Å². The first kappa shape index (κ1) is 19.2. The van der Waals surface area contributed by atoms with Gasteiger partial charge in [0.1, 0.15) is 18.2 Å². The van der Waals surface area contributed by atoms with E-state index in [9.17, 15) is 4.39 Å². The number of thioether (sulfide) groups is 1. The minimum Gasteiger partial charge on any atom is -0.486 e. The number of halogens is 1. The minimum atomic E-state index is -0.233. The second-order valence-corrected chi connectivity index (χ2v) is 7.27. The topological polar surface area (TPSA) is 39.9 Å². The number of aromatic nitrogens is 3. The summed E-state index contributed by atoms with van der Waals surface area (Å²) >= 11 is 1.52. The highest BCUT2D eigenvalue weighted by atomic mass is 32.2. The Kier molecular flexibility index (Phi) is 6.29. The molecule has 0 bridgehead atoms. The summed E-state index contributed by atoms with van der Waals surface area (Å²) < 4.78 is 21.2. The predicted octanol–water partition coefficient (Wildman–Crippen LogP) is 5.09. The zero-order valence-corrected chi connectivity index (χ0v) is 16.3. The average Bonchev–Trinajstić information content (AvgIpc) is 3.00. The van der Waals surface area contributed by atoms with Crippen LogP contribution in [0.3, 0.4) is 0 Å². The van der Waals surface area contributed by atoms with Gasteiger partial charge < -0.3 is 4.74 Å². The highest BCUT2D eigenvalue weighted by Gasteiger charge is 2.13. The van der Waals surface area contributed by atoms with Crippen LogP contribution in [0.25, 0.3) is 0 Å². The van der Waals surface area contributed by atoms with E-state index in [1.54, 1.807) is 12.1 Å². The molecule has 0 spiro atoms. The molecule has 0 saturated carbocycles. The molecule has 0 amide bonds. The molecule has 27 heavy (non-hydrogen) atoms. The van der Waals surface area contributed by atoms with E-state index in [0.29, 0.717) is 18.9 Å². The molecule has 2 aromatic carbocycles. The summed E-state index contributed by atoms with van der Waals surface area (Å²) in [5.41, 5.74) is 3.22. The van der Waals surface area contributed by atoms with Crippen LogP contribution in [0.1, 0.15) is 22.5 Å². The van der Waals surface area contributed by atoms with Crippen LogP contribution in [-0.4, -0.2) is 14.8 Å². The van der Waals surface area contributed by atoms with Gasteiger partial charge in [0.05, 0.1) is 0 Å². The second-order valence-electron chi connectivity index (χ2n) is 6.33. The van der Waals surface area contributed by atoms with Gasteiger partial charge in [-0.2, -0.15) is 0 Å². The standard InChI is InChI=1S/C21H22FN3OS/c1-4-8-25-20(13-26-19-10-15(2)9-16(3)11-19)23-24-21(25)27-14-17-6-5-7-18(22)12-17/h4-7,9-12H,1,8,13-14H2,2-3H3. The normalized spacial score (nSPS) is 10.8. The zero-order valence-electron chi connectivity index (χ0n) is 15.5. The first-order valence-corrected chi connectivity index (χ1v) is 9.65. The molecule has 0 radical (unpaired) electrons. The molecule has 0 fully saturated rings. The third-order valence-electron chi connectivity index (χ3n) is 3.93. The Hall–Kier alpha value is -2.60. The Morgan fingerprint density at radius 3 is 2.63 bits per heavy atom. The lowest BCUT2D eigenvalue weighted by Crippen LogP contribution is -2.07. The van der Waals surface area contributed by atoms with E-state index in [1.807, 2.05) is 36.6 Å². The van der Waals surface area contributed by atoms with Gasteiger partial charge >= 0.3 is 0 Å². The van der Waals surface area contributed by atoms with E-state index < -0.39 is 0 Å². The molecule has 4 nitrogen and oxygen atoms in total. The van der Waals surface area contributed by atoms with Gasteiger partial charge in [-0.25, -0.2) is 4.39 Å². The van der Waals surface area contributed by atoms with Crippen LogP contribution in [0.4, 0.5) is 4.39 Å². The molecule has 6 heteroatoms. The lowest BCUT2D eigenvalue weighted by molar-refractivity contribution is 0.289. The van der Waals surface area contributed by atoms with Crippen molar-refractivity contribution in [1.82, 2.24) is 14.8 Å². The number of ether oxygens (including phenoxy) is 1. The van der Waals surface area contributed by atoms with E-state index in [4.69, 9.17) is 4.74 Å². The quantitative estimate of drug-likeness (QED) is 0.401. The van der Waals surface area contributed by atoms with E-state index in [-0.39, 0.29) is 5.82 Å². The first-order chi connectivity index (χ1) is 13.0. The third kappa shape index (κ3) is 5.20. The zero-order chi connectivity index (χ0) is 19.2. The van der Waals surface area contributed by atoms with Crippen molar-refractivity contribution >= 4 is 11.8 Å². The maximum Gasteiger partial charge on any atom is 0.191 e. The van der Waals surface area contributed by atoms with Crippen molar-refractivity contribution in [2.75, 3.05) is 0 Å². The number of hydrogen-bond donors (Lipinski definition) is 0. The summed E-state index contributed by atoms with van der Waals surface area (Å²) in [7, 11) is 0. The lowest BCUT2D eigenvalue weighted by atomic mass is 10.1. The SMILES string of the molecule is C=CCn1c(COc2cc(C)cc(C)c2)nnc1SCc1cccc(F)c1. The monoisotopic (exact) mass is 383 g/mol. The van der Waals surface area contributed by atoms with Crippen molar-refractivity contribution in [1.29, 1.82) is 0 Å². The van der Waals surface area contributed by atoms with Crippen LogP contribution >= 0.6 is 11.8 Å². The van der Waals surface area contributed by atoms with Gasteiger partial charge in [-0.15, -0.1) is 16.8 Å². The molecule has 0 unspecified atom stereocenters. The molecule has 1 aromatic heterocycles. The fourth-order valence-corrected chi connectivity index (χ4v) is 3.69. The Balaban J connectivity index is 1.71. The van der Waals surface area contributed by atoms with E-state index in [1.165, 1.54) is 23.9 Å². The summed E-state index contributed by atoms with van der Waals surface area (Å²) in [6.45, 7) is 8.81. The molecule has 0 aliphatic carbocycles. The van der Waals surface area contributed by atoms with Crippen molar-refractivity contribution in [2.24, 2.45) is 0 Å². The Bertz CT molecular complexity index is 919. The molecular formula is C21H22FN3OS. The Morgan fingerprint density at radius 2 is 1.93 bits per heavy atom. The molecule has 0 atom stereocenters. The maximum absolute atomic E-state index is 13.3. The summed E-state index contributed by atoms with van der Waals surface area (Å²) in [6.07, 6.45) is 1.80. The van der Waals surface area contributed by atoms with Crippen LogP contribution in [0.5, 0.6) is 5.75 Å². The summed E-state index contributed by atoms with van der Waals surface area (Å²) in [5.74, 6) is 1.93. The van der Waals surface area contributed by atoms with Crippen molar-refractivity contribution in [3.8, 4) is 5.75 Å². The second kappa shape index (κ2) is 8.86. The maximum atomic E-state index is 13.3. The molecule has 0 aliphatic rings. The van der Waals surface area contributed by atoms with Gasteiger partial charge in [0, 0.05) is 12.3 Å². The highest BCUT2D eigenvalue weighted by molar-refractivity contribution is 7.98. The number of allylic oxidation sites excluding steroid dienone is 1. The number of aryl methyl sites for hydroxylation is 2. The van der Waals surface area contributed by atoms with Crippen LogP contribution < -0.4 is 4.74 Å². The van der Waals surface area contributed by atoms with Gasteiger partial charge in [0.25, 0.3) is 0 Å². The molecule has 0 N–H and O–H groups in total. The smallest absolute Gasteiger partial charge is 0.191 e.